The fourth-order valence-electron chi connectivity index (χ4n) is 2.34. The highest BCUT2D eigenvalue weighted by atomic mass is 16.2. The summed E-state index contributed by atoms with van der Waals surface area (Å²) in [7, 11) is 4.14. The number of carbonyl (C=O) groups excluding carboxylic acids is 1. The van der Waals surface area contributed by atoms with Crippen LogP contribution in [0, 0.1) is 0 Å². The molecule has 0 saturated carbocycles. The van der Waals surface area contributed by atoms with Crippen molar-refractivity contribution in [2.24, 2.45) is 0 Å². The number of nitrogens with one attached hydrogen (secondary N) is 2. The molecule has 1 aliphatic rings. The first-order valence-corrected chi connectivity index (χ1v) is 6.93. The van der Waals surface area contributed by atoms with Crippen LogP contribution in [0.15, 0.2) is 24.3 Å². The van der Waals surface area contributed by atoms with Crippen molar-refractivity contribution in [3.63, 3.8) is 0 Å². The molecule has 4 nitrogen and oxygen atoms in total. The lowest BCUT2D eigenvalue weighted by molar-refractivity contribution is -0.121. The van der Waals surface area contributed by atoms with Gasteiger partial charge < -0.3 is 15.5 Å². The number of rotatable bonds is 6. The maximum Gasteiger partial charge on any atom is 0.242 e. The van der Waals surface area contributed by atoms with E-state index < -0.39 is 0 Å². The fraction of sp³-hybridized carbons (Fsp3) is 0.533. The number of para-hydroxylation sites is 1. The van der Waals surface area contributed by atoms with Gasteiger partial charge in [-0.1, -0.05) is 18.2 Å². The summed E-state index contributed by atoms with van der Waals surface area (Å²) in [5.41, 5.74) is 2.32. The Hall–Kier alpha value is -1.55. The normalized spacial score (nSPS) is 17.1. The van der Waals surface area contributed by atoms with Crippen LogP contribution >= 0.6 is 0 Å². The molecule has 1 aromatic carbocycles. The molecule has 0 saturated heterocycles. The molecule has 0 bridgehead atoms. The standard InChI is InChI=1S/C15H23N3O/c1-18(2)10-6-5-9-16-15(19)14-11-12-7-3-4-8-13(12)17-14/h3-4,7-8,14,17H,5-6,9-11H2,1-2H3,(H,16,19). The first-order chi connectivity index (χ1) is 9.16. The molecule has 104 valence electrons. The quantitative estimate of drug-likeness (QED) is 0.762. The summed E-state index contributed by atoms with van der Waals surface area (Å²) < 4.78 is 0. The van der Waals surface area contributed by atoms with Crippen molar-refractivity contribution in [2.75, 3.05) is 32.5 Å². The molecule has 19 heavy (non-hydrogen) atoms. The number of nitrogens with zero attached hydrogens (tertiary/aromatic N) is 1. The summed E-state index contributed by atoms with van der Waals surface area (Å²) in [6, 6.07) is 8.01. The van der Waals surface area contributed by atoms with Crippen LogP contribution in [-0.4, -0.2) is 44.0 Å². The number of unbranched alkanes of at least 4 members (excludes halogenated alkanes) is 1. The number of carbonyl (C=O) groups is 1. The predicted molar refractivity (Wildman–Crippen MR) is 78.4 cm³/mol. The number of amides is 1. The summed E-state index contributed by atoms with van der Waals surface area (Å²) in [5.74, 6) is 0.112. The minimum Gasteiger partial charge on any atom is -0.373 e. The van der Waals surface area contributed by atoms with Crippen molar-refractivity contribution in [2.45, 2.75) is 25.3 Å². The maximum atomic E-state index is 12.0. The molecule has 1 amide bonds. The highest BCUT2D eigenvalue weighted by Gasteiger charge is 2.25. The topological polar surface area (TPSA) is 44.4 Å². The zero-order valence-electron chi connectivity index (χ0n) is 11.8. The van der Waals surface area contributed by atoms with E-state index in [-0.39, 0.29) is 11.9 Å². The molecule has 1 unspecified atom stereocenters. The van der Waals surface area contributed by atoms with Gasteiger partial charge in [-0.3, -0.25) is 4.79 Å². The van der Waals surface area contributed by atoms with Crippen LogP contribution in [-0.2, 0) is 11.2 Å². The minimum atomic E-state index is -0.105. The summed E-state index contributed by atoms with van der Waals surface area (Å²) in [4.78, 5) is 14.2. The van der Waals surface area contributed by atoms with Crippen LogP contribution in [0.2, 0.25) is 0 Å². The highest BCUT2D eigenvalue weighted by molar-refractivity contribution is 5.87. The Morgan fingerprint density at radius 1 is 1.37 bits per heavy atom. The molecule has 0 fully saturated rings. The van der Waals surface area contributed by atoms with E-state index >= 15 is 0 Å². The van der Waals surface area contributed by atoms with Crippen molar-refractivity contribution >= 4 is 11.6 Å². The minimum absolute atomic E-state index is 0.105. The average Bonchev–Trinajstić information content (AvgIpc) is 2.81. The van der Waals surface area contributed by atoms with Crippen LogP contribution in [0.3, 0.4) is 0 Å². The predicted octanol–water partition coefficient (Wildman–Crippen LogP) is 1.48. The molecule has 1 atom stereocenters. The van der Waals surface area contributed by atoms with Crippen LogP contribution in [0.4, 0.5) is 5.69 Å². The molecule has 2 rings (SSSR count). The molecule has 0 aromatic heterocycles. The van der Waals surface area contributed by atoms with Crippen LogP contribution < -0.4 is 10.6 Å². The van der Waals surface area contributed by atoms with Gasteiger partial charge in [0.1, 0.15) is 6.04 Å². The smallest absolute Gasteiger partial charge is 0.242 e. The molecule has 1 aliphatic heterocycles. The number of benzene rings is 1. The molecule has 1 aromatic rings. The Labute approximate surface area is 115 Å². The van der Waals surface area contributed by atoms with E-state index in [2.05, 4.69) is 35.7 Å². The van der Waals surface area contributed by atoms with E-state index in [1.165, 1.54) is 5.56 Å². The van der Waals surface area contributed by atoms with E-state index in [0.29, 0.717) is 0 Å². The number of anilines is 1. The zero-order valence-corrected chi connectivity index (χ0v) is 11.8. The van der Waals surface area contributed by atoms with E-state index in [4.69, 9.17) is 0 Å². The van der Waals surface area contributed by atoms with Gasteiger partial charge in [0.2, 0.25) is 5.91 Å². The maximum absolute atomic E-state index is 12.0. The van der Waals surface area contributed by atoms with E-state index in [1.54, 1.807) is 0 Å². The lowest BCUT2D eigenvalue weighted by Crippen LogP contribution is -2.38. The van der Waals surface area contributed by atoms with E-state index in [9.17, 15) is 4.79 Å². The summed E-state index contributed by atoms with van der Waals surface area (Å²) >= 11 is 0. The van der Waals surface area contributed by atoms with Crippen LogP contribution in [0.25, 0.3) is 0 Å². The van der Waals surface area contributed by atoms with Gasteiger partial charge in [0.15, 0.2) is 0 Å². The van der Waals surface area contributed by atoms with Gasteiger partial charge in [0.05, 0.1) is 0 Å². The molecule has 0 aliphatic carbocycles. The second-order valence-electron chi connectivity index (χ2n) is 5.36. The third-order valence-corrected chi connectivity index (χ3v) is 3.42. The van der Waals surface area contributed by atoms with Gasteiger partial charge in [-0.05, 0) is 45.1 Å². The first-order valence-electron chi connectivity index (χ1n) is 6.93. The Morgan fingerprint density at radius 3 is 2.89 bits per heavy atom. The fourth-order valence-corrected chi connectivity index (χ4v) is 2.34. The third-order valence-electron chi connectivity index (χ3n) is 3.42. The molecule has 0 radical (unpaired) electrons. The Bertz CT molecular complexity index is 406. The molecule has 1 heterocycles. The van der Waals surface area contributed by atoms with Crippen molar-refractivity contribution < 1.29 is 4.79 Å². The molecule has 0 spiro atoms. The average molecular weight is 261 g/mol. The number of fused-ring (bicyclic) bond motifs is 1. The van der Waals surface area contributed by atoms with Crippen LogP contribution in [0.5, 0.6) is 0 Å². The van der Waals surface area contributed by atoms with Crippen molar-refractivity contribution in [1.82, 2.24) is 10.2 Å². The molecule has 4 heteroatoms. The van der Waals surface area contributed by atoms with Gasteiger partial charge >= 0.3 is 0 Å². The summed E-state index contributed by atoms with van der Waals surface area (Å²) in [5, 5.41) is 6.29. The third kappa shape index (κ3) is 3.96. The van der Waals surface area contributed by atoms with Crippen LogP contribution in [0.1, 0.15) is 18.4 Å². The van der Waals surface area contributed by atoms with Gasteiger partial charge in [0.25, 0.3) is 0 Å². The van der Waals surface area contributed by atoms with Crippen molar-refractivity contribution in [3.8, 4) is 0 Å². The monoisotopic (exact) mass is 261 g/mol. The number of hydrogen-bond acceptors (Lipinski definition) is 3. The summed E-state index contributed by atoms with van der Waals surface area (Å²) in [6.45, 7) is 1.84. The highest BCUT2D eigenvalue weighted by Crippen LogP contribution is 2.24. The van der Waals surface area contributed by atoms with E-state index in [0.717, 1.165) is 38.0 Å². The van der Waals surface area contributed by atoms with Crippen molar-refractivity contribution in [1.29, 1.82) is 0 Å². The van der Waals surface area contributed by atoms with E-state index in [1.807, 2.05) is 18.2 Å². The Morgan fingerprint density at radius 2 is 2.16 bits per heavy atom. The zero-order chi connectivity index (χ0) is 13.7. The summed E-state index contributed by atoms with van der Waals surface area (Å²) in [6.07, 6.45) is 2.94. The molecular formula is C15H23N3O. The molecule has 2 N–H and O–H groups in total. The van der Waals surface area contributed by atoms with Gasteiger partial charge in [0, 0.05) is 18.7 Å². The van der Waals surface area contributed by atoms with Gasteiger partial charge in [-0.15, -0.1) is 0 Å². The largest absolute Gasteiger partial charge is 0.373 e. The van der Waals surface area contributed by atoms with Crippen molar-refractivity contribution in [3.05, 3.63) is 29.8 Å². The Kier molecular flexibility index (Phi) is 4.80. The van der Waals surface area contributed by atoms with Gasteiger partial charge in [-0.25, -0.2) is 0 Å². The molecular weight excluding hydrogens is 238 g/mol. The number of hydrogen-bond donors (Lipinski definition) is 2. The second-order valence-corrected chi connectivity index (χ2v) is 5.36. The first kappa shape index (κ1) is 13.9. The lowest BCUT2D eigenvalue weighted by Gasteiger charge is -2.13. The SMILES string of the molecule is CN(C)CCCCNC(=O)C1Cc2ccccc2N1. The lowest BCUT2D eigenvalue weighted by atomic mass is 10.1. The van der Waals surface area contributed by atoms with Gasteiger partial charge in [-0.2, -0.15) is 0 Å². The Balaban J connectivity index is 1.68. The second kappa shape index (κ2) is 6.57.